The molecule has 0 unspecified atom stereocenters. The van der Waals surface area contributed by atoms with E-state index in [0.717, 1.165) is 54.4 Å². The summed E-state index contributed by atoms with van der Waals surface area (Å²) in [6.45, 7) is 1.80. The lowest BCUT2D eigenvalue weighted by Crippen LogP contribution is -2.27. The van der Waals surface area contributed by atoms with Crippen molar-refractivity contribution in [3.05, 3.63) is 76.5 Å². The van der Waals surface area contributed by atoms with Crippen LogP contribution in [-0.4, -0.2) is 88.7 Å². The first-order chi connectivity index (χ1) is 21.6. The van der Waals surface area contributed by atoms with E-state index in [9.17, 15) is 9.18 Å². The van der Waals surface area contributed by atoms with Gasteiger partial charge in [0.05, 0.1) is 35.3 Å². The Morgan fingerprint density at radius 2 is 1.71 bits per heavy atom. The van der Waals surface area contributed by atoms with Crippen molar-refractivity contribution in [2.24, 2.45) is 0 Å². The number of carbonyl (C=O) groups excluding carboxylic acids is 1. The average molecular weight is 718 g/mol. The van der Waals surface area contributed by atoms with Crippen LogP contribution in [0.2, 0.25) is 0 Å². The molecule has 4 N–H and O–H groups in total. The highest BCUT2D eigenvalue weighted by molar-refractivity contribution is 14.1. The summed E-state index contributed by atoms with van der Waals surface area (Å²) in [6.07, 6.45) is 5.15. The summed E-state index contributed by atoms with van der Waals surface area (Å²) in [6, 6.07) is 14.9. The second-order valence-electron chi connectivity index (χ2n) is 11.5. The fourth-order valence-electron chi connectivity index (χ4n) is 5.27. The van der Waals surface area contributed by atoms with E-state index in [-0.39, 0.29) is 18.3 Å². The Morgan fingerprint density at radius 3 is 2.51 bits per heavy atom. The fourth-order valence-corrected chi connectivity index (χ4v) is 6.05. The van der Waals surface area contributed by atoms with Gasteiger partial charge in [-0.1, -0.05) is 0 Å². The summed E-state index contributed by atoms with van der Waals surface area (Å²) in [5.74, 6) is -0.436. The van der Waals surface area contributed by atoms with Crippen molar-refractivity contribution in [1.29, 1.82) is 0 Å². The third-order valence-electron chi connectivity index (χ3n) is 7.31. The molecular formula is C33H33FIN9O. The van der Waals surface area contributed by atoms with Crippen molar-refractivity contribution in [1.82, 2.24) is 34.9 Å². The maximum absolute atomic E-state index is 14.7. The number of nitrogens with one attached hydrogen (secondary N) is 4. The van der Waals surface area contributed by atoms with Crippen LogP contribution in [0.4, 0.5) is 15.8 Å². The van der Waals surface area contributed by atoms with Crippen LogP contribution < -0.4 is 10.6 Å². The smallest absolute Gasteiger partial charge is 0.238 e. The van der Waals surface area contributed by atoms with Crippen molar-refractivity contribution in [3.8, 4) is 33.8 Å². The summed E-state index contributed by atoms with van der Waals surface area (Å²) in [5.41, 5.74) is 7.86. The summed E-state index contributed by atoms with van der Waals surface area (Å²) in [7, 11) is 7.70. The van der Waals surface area contributed by atoms with E-state index in [1.54, 1.807) is 18.6 Å². The van der Waals surface area contributed by atoms with Gasteiger partial charge >= 0.3 is 0 Å². The van der Waals surface area contributed by atoms with Crippen molar-refractivity contribution >= 4 is 61.7 Å². The minimum atomic E-state index is -0.328. The number of pyridine rings is 2. The largest absolute Gasteiger partial charge is 0.384 e. The lowest BCUT2D eigenvalue weighted by atomic mass is 10.0. The lowest BCUT2D eigenvalue weighted by Gasteiger charge is -2.12. The normalized spacial score (nSPS) is 11.6. The molecule has 12 heteroatoms. The van der Waals surface area contributed by atoms with E-state index in [0.29, 0.717) is 29.2 Å². The third-order valence-corrected chi connectivity index (χ3v) is 8.20. The zero-order valence-electron chi connectivity index (χ0n) is 25.4. The molecule has 0 radical (unpaired) electrons. The molecule has 0 aliphatic carbocycles. The number of benzene rings is 2. The first-order valence-electron chi connectivity index (χ1n) is 14.4. The molecule has 45 heavy (non-hydrogen) atoms. The van der Waals surface area contributed by atoms with Crippen molar-refractivity contribution in [3.63, 3.8) is 0 Å². The molecule has 0 spiro atoms. The van der Waals surface area contributed by atoms with Crippen LogP contribution in [0.1, 0.15) is 0 Å². The van der Waals surface area contributed by atoms with Crippen molar-refractivity contribution < 1.29 is 9.18 Å². The number of fused-ring (bicyclic) bond motifs is 2. The number of hydrogen-bond acceptors (Lipinski definition) is 7. The van der Waals surface area contributed by atoms with Gasteiger partial charge in [0, 0.05) is 62.2 Å². The number of nitrogens with zero attached hydrogens (tertiary/aromatic N) is 5. The molecule has 0 saturated carbocycles. The van der Waals surface area contributed by atoms with Crippen LogP contribution in [0.3, 0.4) is 0 Å². The quantitative estimate of drug-likeness (QED) is 0.128. The first-order valence-corrected chi connectivity index (χ1v) is 15.5. The van der Waals surface area contributed by atoms with Crippen LogP contribution in [0.5, 0.6) is 0 Å². The number of carbonyl (C=O) groups is 1. The molecule has 230 valence electrons. The van der Waals surface area contributed by atoms with Crippen LogP contribution in [-0.2, 0) is 4.79 Å². The fraction of sp³-hybridized carbons (Fsp3) is 0.212. The first kappa shape index (κ1) is 30.6. The van der Waals surface area contributed by atoms with Crippen molar-refractivity contribution in [2.45, 2.75) is 0 Å². The molecule has 1 amide bonds. The number of amides is 1. The Kier molecular flexibility index (Phi) is 8.79. The predicted molar refractivity (Wildman–Crippen MR) is 187 cm³/mol. The Bertz CT molecular complexity index is 2020. The van der Waals surface area contributed by atoms with E-state index in [2.05, 4.69) is 69.3 Å². The van der Waals surface area contributed by atoms with E-state index in [1.807, 2.05) is 63.4 Å². The van der Waals surface area contributed by atoms with Crippen molar-refractivity contribution in [2.75, 3.05) is 58.5 Å². The monoisotopic (exact) mass is 717 g/mol. The van der Waals surface area contributed by atoms with E-state index >= 15 is 0 Å². The highest BCUT2D eigenvalue weighted by Crippen LogP contribution is 2.37. The maximum atomic E-state index is 14.7. The standard InChI is InChI=1S/C33H33FIN9O/c1-43(2)8-7-37-22-10-19(9-21(34)12-22)32-26-14-30(40-28(26)5-6-38-32)33-25-13-24(27(35)15-29(25)41-42-33)20-11-23(17-36-16-20)39-31(45)18-44(3)4/h5-6,9-17,37,40H,7-8,18H2,1-4H3,(H,39,45)(H,41,42). The minimum Gasteiger partial charge on any atom is -0.384 e. The molecule has 0 aliphatic rings. The van der Waals surface area contributed by atoms with Crippen LogP contribution in [0.25, 0.3) is 55.6 Å². The van der Waals surface area contributed by atoms with Gasteiger partial charge in [-0.15, -0.1) is 0 Å². The molecule has 0 fully saturated rings. The van der Waals surface area contributed by atoms with Gasteiger partial charge in [0.15, 0.2) is 0 Å². The number of halogens is 2. The number of anilines is 2. The molecule has 0 saturated heterocycles. The molecule has 10 nitrogen and oxygen atoms in total. The molecule has 2 aromatic carbocycles. The SMILES string of the molecule is CN(C)CCNc1cc(F)cc(-c2nccc3[nH]c(-c4n[nH]c5cc(I)c(-c6cncc(NC(=O)CN(C)C)c6)cc45)cc23)c1. The maximum Gasteiger partial charge on any atom is 0.238 e. The van der Waals surface area contributed by atoms with Gasteiger partial charge in [0.1, 0.15) is 11.5 Å². The number of hydrogen-bond donors (Lipinski definition) is 4. The number of aromatic amines is 2. The average Bonchev–Trinajstić information content (AvgIpc) is 3.59. The zero-order chi connectivity index (χ0) is 31.7. The van der Waals surface area contributed by atoms with Gasteiger partial charge < -0.3 is 25.4 Å². The van der Waals surface area contributed by atoms with Gasteiger partial charge in [0.2, 0.25) is 5.91 Å². The second-order valence-corrected chi connectivity index (χ2v) is 12.6. The summed E-state index contributed by atoms with van der Waals surface area (Å²) >= 11 is 2.30. The molecule has 0 bridgehead atoms. The number of rotatable bonds is 10. The zero-order valence-corrected chi connectivity index (χ0v) is 27.5. The van der Waals surface area contributed by atoms with Gasteiger partial charge in [-0.3, -0.25) is 19.9 Å². The Morgan fingerprint density at radius 1 is 0.911 bits per heavy atom. The van der Waals surface area contributed by atoms with Gasteiger partial charge in [0.25, 0.3) is 0 Å². The highest BCUT2D eigenvalue weighted by atomic mass is 127. The number of likely N-dealkylation sites (N-methyl/N-ethyl adjacent to an activating group) is 2. The Hall–Kier alpha value is -4.40. The van der Waals surface area contributed by atoms with Crippen LogP contribution >= 0.6 is 22.6 Å². The predicted octanol–water partition coefficient (Wildman–Crippen LogP) is 6.05. The third kappa shape index (κ3) is 6.82. The number of aromatic nitrogens is 5. The minimum absolute atomic E-state index is 0.107. The second kappa shape index (κ2) is 12.9. The van der Waals surface area contributed by atoms with E-state index in [1.165, 1.54) is 12.1 Å². The van der Waals surface area contributed by atoms with Gasteiger partial charge in [-0.2, -0.15) is 5.10 Å². The summed E-state index contributed by atoms with van der Waals surface area (Å²) < 4.78 is 15.7. The Balaban J connectivity index is 1.36. The summed E-state index contributed by atoms with van der Waals surface area (Å²) in [4.78, 5) is 28.7. The topological polar surface area (TPSA) is 118 Å². The molecular weight excluding hydrogens is 684 g/mol. The van der Waals surface area contributed by atoms with Gasteiger partial charge in [-0.25, -0.2) is 4.39 Å². The number of H-pyrrole nitrogens is 2. The van der Waals surface area contributed by atoms with Crippen LogP contribution in [0.15, 0.2) is 67.1 Å². The van der Waals surface area contributed by atoms with E-state index < -0.39 is 0 Å². The molecule has 4 heterocycles. The molecule has 0 atom stereocenters. The van der Waals surface area contributed by atoms with E-state index in [4.69, 9.17) is 0 Å². The van der Waals surface area contributed by atoms with Crippen LogP contribution in [0, 0.1) is 9.39 Å². The molecule has 4 aromatic heterocycles. The molecule has 6 rings (SSSR count). The Labute approximate surface area is 273 Å². The highest BCUT2D eigenvalue weighted by Gasteiger charge is 2.17. The molecule has 6 aromatic rings. The summed E-state index contributed by atoms with van der Waals surface area (Å²) in [5, 5.41) is 15.9. The lowest BCUT2D eigenvalue weighted by molar-refractivity contribution is -0.116. The van der Waals surface area contributed by atoms with Gasteiger partial charge in [-0.05, 0) is 105 Å². The molecule has 0 aliphatic heterocycles.